The van der Waals surface area contributed by atoms with E-state index in [1.807, 2.05) is 20.8 Å². The van der Waals surface area contributed by atoms with Crippen LogP contribution in [0.15, 0.2) is 24.3 Å². The van der Waals surface area contributed by atoms with Gasteiger partial charge in [0.1, 0.15) is 6.54 Å². The molecule has 21 heavy (non-hydrogen) atoms. The summed E-state index contributed by atoms with van der Waals surface area (Å²) < 4.78 is 0. The highest BCUT2D eigenvalue weighted by Gasteiger charge is 2.26. The lowest BCUT2D eigenvalue weighted by atomic mass is 10.1. The van der Waals surface area contributed by atoms with Crippen LogP contribution in [0.2, 0.25) is 5.02 Å². The number of carbonyl (C=O) groups is 2. The summed E-state index contributed by atoms with van der Waals surface area (Å²) in [5.41, 5.74) is 0.470. The molecule has 0 spiro atoms. The summed E-state index contributed by atoms with van der Waals surface area (Å²) in [7, 11) is 1.67. The van der Waals surface area contributed by atoms with Gasteiger partial charge in [0.25, 0.3) is 0 Å². The lowest BCUT2D eigenvalue weighted by molar-refractivity contribution is -0.135. The predicted octanol–water partition coefficient (Wildman–Crippen LogP) is 3.33. The first-order valence-electron chi connectivity index (χ1n) is 6.75. The summed E-state index contributed by atoms with van der Waals surface area (Å²) in [4.78, 5) is 26.4. The Bertz CT molecular complexity index is 519. The number of anilines is 1. The first-order chi connectivity index (χ1) is 9.73. The molecule has 2 amide bonds. The van der Waals surface area contributed by atoms with E-state index in [-0.39, 0.29) is 18.0 Å². The van der Waals surface area contributed by atoms with Crippen LogP contribution in [0.5, 0.6) is 0 Å². The van der Waals surface area contributed by atoms with Crippen molar-refractivity contribution < 1.29 is 14.7 Å². The van der Waals surface area contributed by atoms with Gasteiger partial charge in [-0.1, -0.05) is 31.5 Å². The Kier molecular flexibility index (Phi) is 6.03. The van der Waals surface area contributed by atoms with Gasteiger partial charge in [0.05, 0.1) is 0 Å². The van der Waals surface area contributed by atoms with Crippen molar-refractivity contribution in [3.63, 3.8) is 0 Å². The van der Waals surface area contributed by atoms with Crippen LogP contribution < -0.4 is 4.90 Å². The van der Waals surface area contributed by atoms with Crippen molar-refractivity contribution in [2.75, 3.05) is 18.5 Å². The van der Waals surface area contributed by atoms with Gasteiger partial charge in [-0.3, -0.25) is 9.69 Å². The number of hydrogen-bond acceptors (Lipinski definition) is 2. The molecule has 6 heteroatoms. The molecule has 0 aromatic heterocycles. The summed E-state index contributed by atoms with van der Waals surface area (Å²) in [5, 5.41) is 9.50. The largest absolute Gasteiger partial charge is 0.480 e. The third-order valence-corrected chi connectivity index (χ3v) is 3.76. The highest BCUT2D eigenvalue weighted by Crippen LogP contribution is 2.21. The molecule has 0 bridgehead atoms. The van der Waals surface area contributed by atoms with Gasteiger partial charge in [-0.15, -0.1) is 0 Å². The molecular formula is C15H21ClN2O3. The minimum atomic E-state index is -1.08. The monoisotopic (exact) mass is 312 g/mol. The number of rotatable bonds is 5. The molecule has 1 aromatic rings. The predicted molar refractivity (Wildman–Crippen MR) is 83.9 cm³/mol. The van der Waals surface area contributed by atoms with Crippen LogP contribution in [0.1, 0.15) is 20.8 Å². The van der Waals surface area contributed by atoms with Crippen molar-refractivity contribution in [3.05, 3.63) is 29.3 Å². The van der Waals surface area contributed by atoms with Crippen LogP contribution >= 0.6 is 11.6 Å². The fraction of sp³-hybridized carbons (Fsp3) is 0.467. The number of aliphatic carboxylic acids is 1. The fourth-order valence-electron chi connectivity index (χ4n) is 1.86. The Balaban J connectivity index is 3.08. The van der Waals surface area contributed by atoms with Crippen LogP contribution in [-0.2, 0) is 4.79 Å². The molecule has 1 rings (SSSR count). The van der Waals surface area contributed by atoms with E-state index in [0.29, 0.717) is 10.7 Å². The first kappa shape index (κ1) is 17.3. The molecule has 0 aliphatic rings. The molecule has 5 nitrogen and oxygen atoms in total. The van der Waals surface area contributed by atoms with Gasteiger partial charge in [0.2, 0.25) is 0 Å². The zero-order chi connectivity index (χ0) is 16.2. The second-order valence-electron chi connectivity index (χ2n) is 5.34. The molecule has 0 radical (unpaired) electrons. The number of benzene rings is 1. The Morgan fingerprint density at radius 2 is 1.90 bits per heavy atom. The minimum Gasteiger partial charge on any atom is -0.480 e. The number of urea groups is 1. The molecule has 0 saturated carbocycles. The Labute approximate surface area is 130 Å². The average molecular weight is 313 g/mol. The number of halogens is 1. The van der Waals surface area contributed by atoms with Gasteiger partial charge in [0, 0.05) is 23.8 Å². The minimum absolute atomic E-state index is 0.00650. The molecule has 0 aliphatic carbocycles. The summed E-state index contributed by atoms with van der Waals surface area (Å²) in [6, 6.07) is 6.24. The van der Waals surface area contributed by atoms with Crippen LogP contribution in [0.4, 0.5) is 10.5 Å². The Hall–Kier alpha value is -1.75. The lowest BCUT2D eigenvalue weighted by Crippen LogP contribution is -2.48. The molecule has 1 atom stereocenters. The van der Waals surface area contributed by atoms with E-state index >= 15 is 0 Å². The van der Waals surface area contributed by atoms with Crippen LogP contribution in [0.25, 0.3) is 0 Å². The molecule has 116 valence electrons. The highest BCUT2D eigenvalue weighted by molar-refractivity contribution is 6.30. The Morgan fingerprint density at radius 1 is 1.29 bits per heavy atom. The second-order valence-corrected chi connectivity index (χ2v) is 5.77. The zero-order valence-corrected chi connectivity index (χ0v) is 13.5. The smallest absolute Gasteiger partial charge is 0.325 e. The summed E-state index contributed by atoms with van der Waals surface area (Å²) >= 11 is 5.92. The van der Waals surface area contributed by atoms with Crippen molar-refractivity contribution in [1.29, 1.82) is 0 Å². The van der Waals surface area contributed by atoms with Crippen molar-refractivity contribution in [3.8, 4) is 0 Å². The fourth-order valence-corrected chi connectivity index (χ4v) is 2.04. The van der Waals surface area contributed by atoms with Gasteiger partial charge in [-0.25, -0.2) is 4.79 Å². The number of carboxylic acids is 1. The summed E-state index contributed by atoms with van der Waals surface area (Å²) in [6.45, 7) is 5.54. The van der Waals surface area contributed by atoms with Crippen molar-refractivity contribution in [2.45, 2.75) is 26.8 Å². The van der Waals surface area contributed by atoms with E-state index < -0.39 is 12.5 Å². The van der Waals surface area contributed by atoms with Crippen LogP contribution in [0, 0.1) is 5.92 Å². The van der Waals surface area contributed by atoms with Crippen molar-refractivity contribution >= 4 is 29.3 Å². The van der Waals surface area contributed by atoms with Crippen molar-refractivity contribution in [1.82, 2.24) is 4.90 Å². The molecule has 0 aliphatic heterocycles. The molecule has 1 aromatic carbocycles. The topological polar surface area (TPSA) is 60.9 Å². The molecule has 0 saturated heterocycles. The molecule has 0 fully saturated rings. The third-order valence-electron chi connectivity index (χ3n) is 3.52. The number of hydrogen-bond donors (Lipinski definition) is 1. The Morgan fingerprint density at radius 3 is 2.38 bits per heavy atom. The number of nitrogens with zero attached hydrogens (tertiary/aromatic N) is 2. The van der Waals surface area contributed by atoms with Crippen LogP contribution in [0.3, 0.4) is 0 Å². The lowest BCUT2D eigenvalue weighted by Gasteiger charge is -2.33. The van der Waals surface area contributed by atoms with E-state index in [4.69, 9.17) is 16.7 Å². The average Bonchev–Trinajstić information content (AvgIpc) is 2.42. The molecule has 1 N–H and O–H groups in total. The van der Waals surface area contributed by atoms with E-state index in [9.17, 15) is 9.59 Å². The molecule has 0 heterocycles. The number of carbonyl (C=O) groups excluding carboxylic acids is 1. The second kappa shape index (κ2) is 7.31. The SMILES string of the molecule is CC(C)C(C)N(C)C(=O)N(CC(=O)O)c1cccc(Cl)c1. The van der Waals surface area contributed by atoms with Gasteiger partial charge in [0.15, 0.2) is 0 Å². The first-order valence-corrected chi connectivity index (χ1v) is 7.13. The zero-order valence-electron chi connectivity index (χ0n) is 12.7. The van der Waals surface area contributed by atoms with Gasteiger partial charge in [-0.2, -0.15) is 0 Å². The molecular weight excluding hydrogens is 292 g/mol. The third kappa shape index (κ3) is 4.63. The van der Waals surface area contributed by atoms with E-state index in [2.05, 4.69) is 0 Å². The molecule has 1 unspecified atom stereocenters. The quantitative estimate of drug-likeness (QED) is 0.907. The van der Waals surface area contributed by atoms with E-state index in [0.717, 1.165) is 0 Å². The standard InChI is InChI=1S/C15H21ClN2O3/c1-10(2)11(3)17(4)15(21)18(9-14(19)20)13-7-5-6-12(16)8-13/h5-8,10-11H,9H2,1-4H3,(H,19,20). The maximum Gasteiger partial charge on any atom is 0.325 e. The van der Waals surface area contributed by atoms with Crippen molar-refractivity contribution in [2.24, 2.45) is 5.92 Å². The normalized spacial score (nSPS) is 12.1. The maximum absolute atomic E-state index is 12.6. The summed E-state index contributed by atoms with van der Waals surface area (Å²) in [5.74, 6) is -0.807. The maximum atomic E-state index is 12.6. The number of carboxylic acid groups (broad SMARTS) is 1. The van der Waals surface area contributed by atoms with E-state index in [1.165, 1.54) is 4.90 Å². The van der Waals surface area contributed by atoms with Gasteiger partial charge in [-0.05, 0) is 31.0 Å². The van der Waals surface area contributed by atoms with Gasteiger partial charge >= 0.3 is 12.0 Å². The van der Waals surface area contributed by atoms with E-state index in [1.54, 1.807) is 36.2 Å². The summed E-state index contributed by atoms with van der Waals surface area (Å²) in [6.07, 6.45) is 0. The number of amides is 2. The van der Waals surface area contributed by atoms with Crippen LogP contribution in [-0.4, -0.2) is 41.6 Å². The highest BCUT2D eigenvalue weighted by atomic mass is 35.5. The van der Waals surface area contributed by atoms with Gasteiger partial charge < -0.3 is 10.0 Å².